The maximum Gasteiger partial charge on any atom is 0.208 e. The minimum absolute atomic E-state index is 0.488. The number of anilines is 1. The Hall–Kier alpha value is -2.54. The first-order chi connectivity index (χ1) is 11.5. The van der Waals surface area contributed by atoms with Gasteiger partial charge in [0.25, 0.3) is 0 Å². The quantitative estimate of drug-likeness (QED) is 0.603. The summed E-state index contributed by atoms with van der Waals surface area (Å²) in [6.45, 7) is 9.96. The van der Waals surface area contributed by atoms with Crippen molar-refractivity contribution in [2.24, 2.45) is 10.9 Å². The van der Waals surface area contributed by atoms with Crippen LogP contribution in [0.15, 0.2) is 46.9 Å². The van der Waals surface area contributed by atoms with E-state index in [1.54, 1.807) is 13.3 Å². The molecule has 0 amide bonds. The topological polar surface area (TPSA) is 72.3 Å². The Kier molecular flexibility index (Phi) is 6.20. The molecule has 0 aromatic carbocycles. The fourth-order valence-corrected chi connectivity index (χ4v) is 2.24. The largest absolute Gasteiger partial charge is 0.495 e. The van der Waals surface area contributed by atoms with Gasteiger partial charge in [-0.25, -0.2) is 9.98 Å². The fraction of sp³-hybridized carbons (Fsp3) is 0.294. The first-order valence-corrected chi connectivity index (χ1v) is 8.27. The smallest absolute Gasteiger partial charge is 0.208 e. The number of allylic oxidation sites excluding steroid dienone is 3. The zero-order valence-electron chi connectivity index (χ0n) is 14.3. The summed E-state index contributed by atoms with van der Waals surface area (Å²) in [5.74, 6) is 2.37. The Morgan fingerprint density at radius 1 is 1.38 bits per heavy atom. The lowest BCUT2D eigenvalue weighted by Crippen LogP contribution is -1.96. The molecular weight excluding hydrogens is 322 g/mol. The molecule has 2 rings (SSSR count). The summed E-state index contributed by atoms with van der Waals surface area (Å²) in [7, 11) is 1.60. The molecule has 2 heterocycles. The number of nitrogens with one attached hydrogen (secondary N) is 1. The van der Waals surface area contributed by atoms with Gasteiger partial charge in [0.1, 0.15) is 17.3 Å². The molecule has 24 heavy (non-hydrogen) atoms. The summed E-state index contributed by atoms with van der Waals surface area (Å²) in [5.41, 5.74) is 1.95. The fourth-order valence-electron chi connectivity index (χ4n) is 1.66. The molecule has 2 aromatic rings. The van der Waals surface area contributed by atoms with Gasteiger partial charge >= 0.3 is 0 Å². The Morgan fingerprint density at radius 3 is 2.75 bits per heavy atom. The predicted molar refractivity (Wildman–Crippen MR) is 99.5 cm³/mol. The number of nitrogens with zero attached hydrogens (tertiary/aromatic N) is 4. The van der Waals surface area contributed by atoms with Crippen molar-refractivity contribution in [1.29, 1.82) is 0 Å². The van der Waals surface area contributed by atoms with Gasteiger partial charge in [0.2, 0.25) is 5.13 Å². The summed E-state index contributed by atoms with van der Waals surface area (Å²) in [5, 5.41) is 3.75. The third-order valence-electron chi connectivity index (χ3n) is 3.45. The van der Waals surface area contributed by atoms with Crippen LogP contribution in [0.4, 0.5) is 5.13 Å². The van der Waals surface area contributed by atoms with Gasteiger partial charge < -0.3 is 10.1 Å². The molecule has 0 saturated carbocycles. The number of aromatic nitrogens is 3. The molecule has 2 aromatic heterocycles. The molecule has 0 radical (unpaired) electrons. The summed E-state index contributed by atoms with van der Waals surface area (Å²) in [6.07, 6.45) is 5.54. The van der Waals surface area contributed by atoms with Gasteiger partial charge in [0.05, 0.1) is 13.3 Å². The lowest BCUT2D eigenvalue weighted by molar-refractivity contribution is 0.413. The number of aliphatic imine (C=N–C) groups is 1. The van der Waals surface area contributed by atoms with E-state index >= 15 is 0 Å². The third kappa shape index (κ3) is 4.73. The number of pyridine rings is 1. The normalized spacial score (nSPS) is 12.4. The molecular formula is C17H21N5OS. The molecule has 7 heteroatoms. The van der Waals surface area contributed by atoms with Gasteiger partial charge in [0.15, 0.2) is 5.82 Å². The second kappa shape index (κ2) is 8.35. The van der Waals surface area contributed by atoms with Gasteiger partial charge in [0, 0.05) is 11.5 Å². The summed E-state index contributed by atoms with van der Waals surface area (Å²) >= 11 is 1.25. The molecule has 0 atom stereocenters. The monoisotopic (exact) mass is 343 g/mol. The van der Waals surface area contributed by atoms with Crippen LogP contribution < -0.4 is 10.1 Å². The van der Waals surface area contributed by atoms with Gasteiger partial charge in [-0.3, -0.25) is 0 Å². The van der Waals surface area contributed by atoms with Crippen molar-refractivity contribution in [2.75, 3.05) is 12.4 Å². The second-order valence-electron chi connectivity index (χ2n) is 5.41. The highest BCUT2D eigenvalue weighted by Gasteiger charge is 2.08. The average Bonchev–Trinajstić information content (AvgIpc) is 3.06. The van der Waals surface area contributed by atoms with E-state index < -0.39 is 0 Å². The first kappa shape index (κ1) is 17.8. The first-order valence-electron chi connectivity index (χ1n) is 7.49. The SMILES string of the molecule is C=N/C(=C\C=C(/C)C(C)C)Nc1nc(-c2ccc(OC)cn2)ns1. The van der Waals surface area contributed by atoms with E-state index in [0.29, 0.717) is 34.1 Å². The van der Waals surface area contributed by atoms with Crippen LogP contribution in [0.5, 0.6) is 5.75 Å². The van der Waals surface area contributed by atoms with Crippen LogP contribution in [-0.2, 0) is 0 Å². The molecule has 126 valence electrons. The van der Waals surface area contributed by atoms with Crippen LogP contribution in [0.3, 0.4) is 0 Å². The predicted octanol–water partition coefficient (Wildman–Crippen LogP) is 4.16. The molecule has 0 fully saturated rings. The zero-order valence-corrected chi connectivity index (χ0v) is 15.1. The van der Waals surface area contributed by atoms with Gasteiger partial charge in [-0.2, -0.15) is 9.36 Å². The van der Waals surface area contributed by atoms with Crippen LogP contribution in [0.2, 0.25) is 0 Å². The Balaban J connectivity index is 2.13. The van der Waals surface area contributed by atoms with Gasteiger partial charge in [-0.15, -0.1) is 0 Å². The number of ether oxygens (including phenoxy) is 1. The zero-order chi connectivity index (χ0) is 17.5. The van der Waals surface area contributed by atoms with E-state index in [0.717, 1.165) is 0 Å². The van der Waals surface area contributed by atoms with Crippen molar-refractivity contribution in [1.82, 2.24) is 14.3 Å². The lowest BCUT2D eigenvalue weighted by atomic mass is 10.1. The summed E-state index contributed by atoms with van der Waals surface area (Å²) in [4.78, 5) is 12.7. The summed E-state index contributed by atoms with van der Waals surface area (Å²) in [6, 6.07) is 3.65. The van der Waals surface area contributed by atoms with Crippen molar-refractivity contribution in [3.63, 3.8) is 0 Å². The average molecular weight is 343 g/mol. The Bertz CT molecular complexity index is 747. The third-order valence-corrected chi connectivity index (χ3v) is 4.08. The Morgan fingerprint density at radius 2 is 2.17 bits per heavy atom. The number of methoxy groups -OCH3 is 1. The van der Waals surface area contributed by atoms with Crippen molar-refractivity contribution in [3.8, 4) is 17.3 Å². The van der Waals surface area contributed by atoms with Gasteiger partial charge in [-0.05, 0) is 37.8 Å². The maximum absolute atomic E-state index is 5.10. The van der Waals surface area contributed by atoms with Crippen LogP contribution in [0.25, 0.3) is 11.5 Å². The molecule has 1 N–H and O–H groups in total. The standard InChI is InChI=1S/C17H21N5OS/c1-11(2)12(3)6-9-15(18-4)20-17-21-16(22-24-17)14-8-7-13(23-5)10-19-14/h6-11H,4H2,1-3,5H3,(H,20,21,22)/b12-6+,15-9+. The minimum Gasteiger partial charge on any atom is -0.495 e. The van der Waals surface area contributed by atoms with Crippen LogP contribution in [-0.4, -0.2) is 28.2 Å². The van der Waals surface area contributed by atoms with Crippen LogP contribution >= 0.6 is 11.5 Å². The number of rotatable bonds is 7. The molecule has 0 aliphatic heterocycles. The maximum atomic E-state index is 5.10. The van der Waals surface area contributed by atoms with E-state index in [1.807, 2.05) is 24.3 Å². The van der Waals surface area contributed by atoms with E-state index in [2.05, 4.69) is 52.1 Å². The molecule has 0 aliphatic rings. The van der Waals surface area contributed by atoms with Crippen LogP contribution in [0, 0.1) is 5.92 Å². The number of hydrogen-bond donors (Lipinski definition) is 1. The van der Waals surface area contributed by atoms with Crippen molar-refractivity contribution >= 4 is 23.4 Å². The lowest BCUT2D eigenvalue weighted by Gasteiger charge is -2.04. The number of hydrogen-bond acceptors (Lipinski definition) is 7. The van der Waals surface area contributed by atoms with E-state index in [-0.39, 0.29) is 0 Å². The molecule has 0 bridgehead atoms. The molecule has 0 saturated heterocycles. The highest BCUT2D eigenvalue weighted by atomic mass is 32.1. The van der Waals surface area contributed by atoms with Crippen molar-refractivity contribution in [2.45, 2.75) is 20.8 Å². The van der Waals surface area contributed by atoms with E-state index in [9.17, 15) is 0 Å². The van der Waals surface area contributed by atoms with E-state index in [1.165, 1.54) is 17.1 Å². The highest BCUT2D eigenvalue weighted by Crippen LogP contribution is 2.22. The van der Waals surface area contributed by atoms with Crippen molar-refractivity contribution in [3.05, 3.63) is 41.9 Å². The van der Waals surface area contributed by atoms with Gasteiger partial charge in [-0.1, -0.05) is 25.5 Å². The minimum atomic E-state index is 0.488. The molecule has 0 unspecified atom stereocenters. The van der Waals surface area contributed by atoms with Crippen LogP contribution in [0.1, 0.15) is 20.8 Å². The molecule has 0 spiro atoms. The van der Waals surface area contributed by atoms with Crippen molar-refractivity contribution < 1.29 is 4.74 Å². The second-order valence-corrected chi connectivity index (χ2v) is 6.16. The van der Waals surface area contributed by atoms with E-state index in [4.69, 9.17) is 4.74 Å². The Labute approximate surface area is 146 Å². The molecule has 6 nitrogen and oxygen atoms in total. The highest BCUT2D eigenvalue weighted by molar-refractivity contribution is 7.09. The summed E-state index contributed by atoms with van der Waals surface area (Å²) < 4.78 is 9.41. The molecule has 0 aliphatic carbocycles.